The van der Waals surface area contributed by atoms with Gasteiger partial charge in [0.15, 0.2) is 5.96 Å². The molecule has 168 valence electrons. The number of aliphatic imine (C=N–C) groups is 1. The smallest absolute Gasteiger partial charge is 0.191 e. The standard InChI is InChI=1S/C23H38N6.HI/c1-7-24-23(25-13-10-14-29-20(5)15-19(4)27-29)26-16-21-11-8-9-12-22(21)17-28(6)18(2)3;/h8-9,11-12,15,18H,7,10,13-14,16-17H2,1-6H3,(H2,24,25,26);1H. The van der Waals surface area contributed by atoms with Crippen LogP contribution in [0.15, 0.2) is 35.3 Å². The van der Waals surface area contributed by atoms with Gasteiger partial charge in [0.25, 0.3) is 0 Å². The van der Waals surface area contributed by atoms with Crippen molar-refractivity contribution in [1.29, 1.82) is 0 Å². The molecule has 0 unspecified atom stereocenters. The van der Waals surface area contributed by atoms with E-state index in [1.807, 2.05) is 6.92 Å². The molecule has 0 spiro atoms. The molecule has 2 aromatic rings. The maximum absolute atomic E-state index is 4.82. The highest BCUT2D eigenvalue weighted by molar-refractivity contribution is 14.0. The van der Waals surface area contributed by atoms with Gasteiger partial charge in [-0.25, -0.2) is 4.99 Å². The van der Waals surface area contributed by atoms with Gasteiger partial charge in [-0.2, -0.15) is 5.10 Å². The van der Waals surface area contributed by atoms with E-state index in [1.54, 1.807) is 0 Å². The van der Waals surface area contributed by atoms with Crippen LogP contribution in [0.5, 0.6) is 0 Å². The fourth-order valence-corrected chi connectivity index (χ4v) is 3.16. The van der Waals surface area contributed by atoms with Gasteiger partial charge in [0.05, 0.1) is 12.2 Å². The van der Waals surface area contributed by atoms with Crippen molar-refractivity contribution >= 4 is 29.9 Å². The van der Waals surface area contributed by atoms with E-state index in [0.29, 0.717) is 12.6 Å². The second-order valence-corrected chi connectivity index (χ2v) is 7.90. The van der Waals surface area contributed by atoms with Crippen LogP contribution in [0.4, 0.5) is 0 Å². The molecule has 1 aromatic carbocycles. The first-order valence-corrected chi connectivity index (χ1v) is 10.7. The van der Waals surface area contributed by atoms with Crippen LogP contribution in [0.2, 0.25) is 0 Å². The molecular weight excluding hydrogens is 487 g/mol. The lowest BCUT2D eigenvalue weighted by Gasteiger charge is -2.22. The Labute approximate surface area is 199 Å². The van der Waals surface area contributed by atoms with Crippen LogP contribution >= 0.6 is 24.0 Å². The Morgan fingerprint density at radius 1 is 1.17 bits per heavy atom. The average Bonchev–Trinajstić information content (AvgIpc) is 3.01. The largest absolute Gasteiger partial charge is 0.357 e. The first-order chi connectivity index (χ1) is 13.9. The van der Waals surface area contributed by atoms with Crippen LogP contribution < -0.4 is 10.6 Å². The summed E-state index contributed by atoms with van der Waals surface area (Å²) in [4.78, 5) is 7.17. The molecule has 30 heavy (non-hydrogen) atoms. The molecule has 0 amide bonds. The molecule has 2 rings (SSSR count). The van der Waals surface area contributed by atoms with Crippen LogP contribution in [0.1, 0.15) is 49.7 Å². The highest BCUT2D eigenvalue weighted by Crippen LogP contribution is 2.13. The van der Waals surface area contributed by atoms with Crippen molar-refractivity contribution in [2.75, 3.05) is 20.1 Å². The molecule has 0 radical (unpaired) electrons. The van der Waals surface area contributed by atoms with Crippen molar-refractivity contribution in [2.24, 2.45) is 4.99 Å². The van der Waals surface area contributed by atoms with Crippen molar-refractivity contribution in [1.82, 2.24) is 25.3 Å². The average molecular weight is 527 g/mol. The summed E-state index contributed by atoms with van der Waals surface area (Å²) in [6.07, 6.45) is 1.00. The lowest BCUT2D eigenvalue weighted by atomic mass is 10.1. The molecule has 2 N–H and O–H groups in total. The third kappa shape index (κ3) is 8.63. The third-order valence-electron chi connectivity index (χ3n) is 5.11. The fraction of sp³-hybridized carbons (Fsp3) is 0.565. The van der Waals surface area contributed by atoms with Gasteiger partial charge in [0, 0.05) is 37.9 Å². The number of benzene rings is 1. The molecule has 6 nitrogen and oxygen atoms in total. The van der Waals surface area contributed by atoms with E-state index in [4.69, 9.17) is 4.99 Å². The number of hydrogen-bond acceptors (Lipinski definition) is 3. The second-order valence-electron chi connectivity index (χ2n) is 7.90. The van der Waals surface area contributed by atoms with E-state index in [1.165, 1.54) is 16.8 Å². The van der Waals surface area contributed by atoms with Gasteiger partial charge in [-0.05, 0) is 65.3 Å². The zero-order chi connectivity index (χ0) is 21.2. The summed E-state index contributed by atoms with van der Waals surface area (Å²) in [5.74, 6) is 0.868. The predicted octanol–water partition coefficient (Wildman–Crippen LogP) is 4.10. The Bertz CT molecular complexity index is 784. The lowest BCUT2D eigenvalue weighted by Crippen LogP contribution is -2.38. The van der Waals surface area contributed by atoms with Crippen molar-refractivity contribution in [3.05, 3.63) is 52.8 Å². The molecule has 0 aliphatic rings. The first-order valence-electron chi connectivity index (χ1n) is 10.7. The van der Waals surface area contributed by atoms with E-state index >= 15 is 0 Å². The maximum Gasteiger partial charge on any atom is 0.191 e. The Balaban J connectivity index is 0.00000450. The number of nitrogens with one attached hydrogen (secondary N) is 2. The van der Waals surface area contributed by atoms with E-state index < -0.39 is 0 Å². The number of hydrogen-bond donors (Lipinski definition) is 2. The Morgan fingerprint density at radius 2 is 1.87 bits per heavy atom. The summed E-state index contributed by atoms with van der Waals surface area (Å²) in [5.41, 5.74) is 4.91. The second kappa shape index (κ2) is 13.6. The van der Waals surface area contributed by atoms with E-state index in [9.17, 15) is 0 Å². The van der Waals surface area contributed by atoms with Gasteiger partial charge in [-0.15, -0.1) is 24.0 Å². The molecule has 0 aliphatic carbocycles. The normalized spacial score (nSPS) is 11.7. The third-order valence-corrected chi connectivity index (χ3v) is 5.11. The topological polar surface area (TPSA) is 57.5 Å². The maximum atomic E-state index is 4.82. The number of aryl methyl sites for hydroxylation is 3. The van der Waals surface area contributed by atoms with E-state index in [0.717, 1.165) is 44.3 Å². The predicted molar refractivity (Wildman–Crippen MR) is 138 cm³/mol. The molecule has 0 saturated carbocycles. The molecule has 0 fully saturated rings. The van der Waals surface area contributed by atoms with Gasteiger partial charge < -0.3 is 10.6 Å². The lowest BCUT2D eigenvalue weighted by molar-refractivity contribution is 0.265. The molecule has 0 saturated heterocycles. The van der Waals surface area contributed by atoms with Gasteiger partial charge in [0.1, 0.15) is 0 Å². The summed E-state index contributed by atoms with van der Waals surface area (Å²) in [6, 6.07) is 11.2. The number of halogens is 1. The van der Waals surface area contributed by atoms with Gasteiger partial charge in [0.2, 0.25) is 0 Å². The molecule has 0 atom stereocenters. The Hall–Kier alpha value is -1.61. The molecule has 1 heterocycles. The minimum Gasteiger partial charge on any atom is -0.357 e. The van der Waals surface area contributed by atoms with Gasteiger partial charge in [-0.1, -0.05) is 24.3 Å². The minimum atomic E-state index is 0. The van der Waals surface area contributed by atoms with E-state index in [-0.39, 0.29) is 24.0 Å². The van der Waals surface area contributed by atoms with Crippen molar-refractivity contribution in [3.8, 4) is 0 Å². The summed E-state index contributed by atoms with van der Waals surface area (Å²) >= 11 is 0. The van der Waals surface area contributed by atoms with Gasteiger partial charge >= 0.3 is 0 Å². The highest BCUT2D eigenvalue weighted by Gasteiger charge is 2.08. The summed E-state index contributed by atoms with van der Waals surface area (Å²) in [7, 11) is 2.17. The van der Waals surface area contributed by atoms with Crippen LogP contribution in [0.3, 0.4) is 0 Å². The minimum absolute atomic E-state index is 0. The number of nitrogens with zero attached hydrogens (tertiary/aromatic N) is 4. The van der Waals surface area contributed by atoms with Crippen LogP contribution in [-0.2, 0) is 19.6 Å². The Morgan fingerprint density at radius 3 is 2.47 bits per heavy atom. The Kier molecular flexibility index (Phi) is 12.0. The molecule has 7 heteroatoms. The molecule has 0 aliphatic heterocycles. The highest BCUT2D eigenvalue weighted by atomic mass is 127. The molecular formula is C23H39IN6. The molecule has 0 bridgehead atoms. The quantitative estimate of drug-likeness (QED) is 0.212. The number of guanidine groups is 1. The first kappa shape index (κ1) is 26.4. The van der Waals surface area contributed by atoms with Crippen molar-refractivity contribution < 1.29 is 0 Å². The van der Waals surface area contributed by atoms with Crippen LogP contribution in [0, 0.1) is 13.8 Å². The summed E-state index contributed by atoms with van der Waals surface area (Å²) in [5, 5.41) is 11.3. The summed E-state index contributed by atoms with van der Waals surface area (Å²) < 4.78 is 2.07. The monoisotopic (exact) mass is 526 g/mol. The SMILES string of the molecule is CCNC(=NCc1ccccc1CN(C)C(C)C)NCCCn1nc(C)cc1C.I. The number of aromatic nitrogens is 2. The van der Waals surface area contributed by atoms with Gasteiger partial charge in [-0.3, -0.25) is 9.58 Å². The fourth-order valence-electron chi connectivity index (χ4n) is 3.16. The van der Waals surface area contributed by atoms with Crippen molar-refractivity contribution in [2.45, 2.75) is 66.7 Å². The van der Waals surface area contributed by atoms with E-state index in [2.05, 4.69) is 90.4 Å². The summed E-state index contributed by atoms with van der Waals surface area (Å²) in [6.45, 7) is 14.9. The zero-order valence-electron chi connectivity index (χ0n) is 19.4. The molecule has 1 aromatic heterocycles. The number of rotatable bonds is 10. The van der Waals surface area contributed by atoms with Crippen molar-refractivity contribution in [3.63, 3.8) is 0 Å². The zero-order valence-corrected chi connectivity index (χ0v) is 21.7. The van der Waals surface area contributed by atoms with Crippen LogP contribution in [0.25, 0.3) is 0 Å². The van der Waals surface area contributed by atoms with Crippen LogP contribution in [-0.4, -0.2) is 46.8 Å².